The fraction of sp³-hybridized carbons (Fsp3) is 0.182. The molecule has 0 aliphatic heterocycles. The quantitative estimate of drug-likeness (QED) is 0.580. The van der Waals surface area contributed by atoms with Crippen molar-refractivity contribution in [1.29, 1.82) is 0 Å². The maximum absolute atomic E-state index is 11.1. The molecule has 1 heterocycles. The Morgan fingerprint density at radius 2 is 2.30 bits per heavy atom. The fourth-order valence-corrected chi connectivity index (χ4v) is 1.65. The van der Waals surface area contributed by atoms with Crippen LogP contribution in [0, 0.1) is 10.1 Å². The number of nitro groups is 1. The summed E-state index contributed by atoms with van der Waals surface area (Å²) in [6.07, 6.45) is 3.21. The minimum atomic E-state index is -0.640. The first-order chi connectivity index (χ1) is 9.58. The Morgan fingerprint density at radius 3 is 2.90 bits per heavy atom. The molecule has 0 radical (unpaired) electrons. The molecule has 0 saturated carbocycles. The van der Waals surface area contributed by atoms with Crippen LogP contribution in [0.4, 0.5) is 11.4 Å². The highest BCUT2D eigenvalue weighted by Crippen LogP contribution is 2.25. The second-order valence-electron chi connectivity index (χ2n) is 3.95. The number of hydrogen-bond donors (Lipinski definition) is 2. The van der Waals surface area contributed by atoms with Crippen molar-refractivity contribution in [3.8, 4) is 0 Å². The second kappa shape index (κ2) is 5.78. The van der Waals surface area contributed by atoms with Crippen molar-refractivity contribution in [1.82, 2.24) is 15.0 Å². The van der Waals surface area contributed by atoms with Crippen LogP contribution in [0.25, 0.3) is 0 Å². The zero-order valence-electron chi connectivity index (χ0n) is 10.4. The van der Waals surface area contributed by atoms with Gasteiger partial charge in [0, 0.05) is 24.4 Å². The van der Waals surface area contributed by atoms with Gasteiger partial charge >= 0.3 is 0 Å². The molecule has 1 amide bonds. The van der Waals surface area contributed by atoms with E-state index in [1.54, 1.807) is 10.9 Å². The fourth-order valence-electron chi connectivity index (χ4n) is 1.65. The summed E-state index contributed by atoms with van der Waals surface area (Å²) >= 11 is 0. The first-order valence-corrected chi connectivity index (χ1v) is 5.74. The van der Waals surface area contributed by atoms with Gasteiger partial charge in [-0.1, -0.05) is 5.21 Å². The van der Waals surface area contributed by atoms with E-state index < -0.39 is 10.8 Å². The number of primary amides is 1. The largest absolute Gasteiger partial charge is 0.378 e. The van der Waals surface area contributed by atoms with Gasteiger partial charge in [-0.3, -0.25) is 19.6 Å². The Morgan fingerprint density at radius 1 is 1.50 bits per heavy atom. The monoisotopic (exact) mass is 276 g/mol. The molecule has 0 fully saturated rings. The molecule has 9 nitrogen and oxygen atoms in total. The van der Waals surface area contributed by atoms with Crippen LogP contribution in [0.5, 0.6) is 0 Å². The molecule has 0 aliphatic rings. The Bertz CT molecular complexity index is 625. The highest BCUT2D eigenvalue weighted by Gasteiger charge is 2.15. The van der Waals surface area contributed by atoms with Crippen molar-refractivity contribution in [3.05, 3.63) is 46.3 Å². The standard InChI is InChI=1S/C11H12N6O3/c12-11(18)8-1-2-10(17(19)20)9(7-8)13-3-5-16-6-4-14-15-16/h1-2,4,6-7,13H,3,5H2,(H2,12,18). The number of aromatic nitrogens is 3. The molecule has 2 aromatic rings. The molecule has 0 spiro atoms. The molecular weight excluding hydrogens is 264 g/mol. The number of nitro benzene ring substituents is 1. The Balaban J connectivity index is 2.13. The van der Waals surface area contributed by atoms with Crippen LogP contribution in [0.2, 0.25) is 0 Å². The zero-order chi connectivity index (χ0) is 14.5. The first kappa shape index (κ1) is 13.5. The Labute approximate surface area is 113 Å². The van der Waals surface area contributed by atoms with E-state index in [2.05, 4.69) is 15.6 Å². The van der Waals surface area contributed by atoms with Crippen molar-refractivity contribution in [2.75, 3.05) is 11.9 Å². The molecule has 9 heteroatoms. The number of anilines is 1. The first-order valence-electron chi connectivity index (χ1n) is 5.74. The van der Waals surface area contributed by atoms with E-state index >= 15 is 0 Å². The third kappa shape index (κ3) is 3.07. The number of nitrogens with one attached hydrogen (secondary N) is 1. The van der Waals surface area contributed by atoms with Gasteiger partial charge in [-0.15, -0.1) is 5.10 Å². The van der Waals surface area contributed by atoms with Gasteiger partial charge < -0.3 is 11.1 Å². The molecular formula is C11H12N6O3. The van der Waals surface area contributed by atoms with Gasteiger partial charge in [0.15, 0.2) is 0 Å². The van der Waals surface area contributed by atoms with E-state index in [1.807, 2.05) is 0 Å². The molecule has 0 atom stereocenters. The van der Waals surface area contributed by atoms with E-state index in [0.29, 0.717) is 13.1 Å². The summed E-state index contributed by atoms with van der Waals surface area (Å²) in [6.45, 7) is 0.879. The predicted octanol–water partition coefficient (Wildman–Crippen LogP) is 0.397. The lowest BCUT2D eigenvalue weighted by molar-refractivity contribution is -0.384. The van der Waals surface area contributed by atoms with E-state index in [0.717, 1.165) is 0 Å². The van der Waals surface area contributed by atoms with Crippen molar-refractivity contribution >= 4 is 17.3 Å². The van der Waals surface area contributed by atoms with Gasteiger partial charge in [0.1, 0.15) is 5.69 Å². The van der Waals surface area contributed by atoms with E-state index in [1.165, 1.54) is 24.4 Å². The van der Waals surface area contributed by atoms with Crippen LogP contribution in [0.15, 0.2) is 30.6 Å². The highest BCUT2D eigenvalue weighted by atomic mass is 16.6. The summed E-state index contributed by atoms with van der Waals surface area (Å²) in [5.74, 6) is -0.640. The Kier molecular flexibility index (Phi) is 3.89. The van der Waals surface area contributed by atoms with Crippen molar-refractivity contribution in [2.45, 2.75) is 6.54 Å². The molecule has 0 aliphatic carbocycles. The maximum Gasteiger partial charge on any atom is 0.292 e. The summed E-state index contributed by atoms with van der Waals surface area (Å²) in [6, 6.07) is 3.93. The number of benzene rings is 1. The van der Waals surface area contributed by atoms with E-state index in [9.17, 15) is 14.9 Å². The summed E-state index contributed by atoms with van der Waals surface area (Å²) in [7, 11) is 0. The van der Waals surface area contributed by atoms with Crippen LogP contribution < -0.4 is 11.1 Å². The maximum atomic E-state index is 11.1. The van der Waals surface area contributed by atoms with Crippen molar-refractivity contribution < 1.29 is 9.72 Å². The predicted molar refractivity (Wildman–Crippen MR) is 70.1 cm³/mol. The lowest BCUT2D eigenvalue weighted by Crippen LogP contribution is -2.14. The molecule has 20 heavy (non-hydrogen) atoms. The number of hydrogen-bond acceptors (Lipinski definition) is 6. The number of carbonyl (C=O) groups excluding carboxylic acids is 1. The topological polar surface area (TPSA) is 129 Å². The summed E-state index contributed by atoms with van der Waals surface area (Å²) in [5.41, 5.74) is 5.49. The minimum absolute atomic E-state index is 0.117. The molecule has 2 rings (SSSR count). The number of nitrogens with two attached hydrogens (primary N) is 1. The third-order valence-corrected chi connectivity index (χ3v) is 2.61. The average molecular weight is 276 g/mol. The van der Waals surface area contributed by atoms with Crippen LogP contribution in [0.3, 0.4) is 0 Å². The molecule has 1 aromatic heterocycles. The molecule has 0 saturated heterocycles. The van der Waals surface area contributed by atoms with Crippen molar-refractivity contribution in [2.24, 2.45) is 5.73 Å². The number of rotatable bonds is 6. The molecule has 104 valence electrons. The lowest BCUT2D eigenvalue weighted by Gasteiger charge is -2.08. The SMILES string of the molecule is NC(=O)c1ccc([N+](=O)[O-])c(NCCn2ccnn2)c1. The van der Waals surface area contributed by atoms with Crippen molar-refractivity contribution in [3.63, 3.8) is 0 Å². The molecule has 0 bridgehead atoms. The van der Waals surface area contributed by atoms with Gasteiger partial charge in [-0.2, -0.15) is 0 Å². The average Bonchev–Trinajstić information content (AvgIpc) is 2.91. The second-order valence-corrected chi connectivity index (χ2v) is 3.95. The third-order valence-electron chi connectivity index (χ3n) is 2.61. The van der Waals surface area contributed by atoms with Gasteiger partial charge in [-0.05, 0) is 12.1 Å². The summed E-state index contributed by atoms with van der Waals surface area (Å²) in [5, 5.41) is 21.2. The van der Waals surface area contributed by atoms with Crippen LogP contribution in [-0.2, 0) is 6.54 Å². The molecule has 3 N–H and O–H groups in total. The number of amides is 1. The zero-order valence-corrected chi connectivity index (χ0v) is 10.4. The summed E-state index contributed by atoms with van der Waals surface area (Å²) in [4.78, 5) is 21.5. The molecule has 0 unspecified atom stereocenters. The number of carbonyl (C=O) groups is 1. The van der Waals surface area contributed by atoms with Crippen LogP contribution in [-0.4, -0.2) is 32.4 Å². The van der Waals surface area contributed by atoms with Crippen LogP contribution >= 0.6 is 0 Å². The minimum Gasteiger partial charge on any atom is -0.378 e. The van der Waals surface area contributed by atoms with Gasteiger partial charge in [0.2, 0.25) is 5.91 Å². The van der Waals surface area contributed by atoms with Gasteiger partial charge in [0.05, 0.1) is 17.7 Å². The van der Waals surface area contributed by atoms with Gasteiger partial charge in [0.25, 0.3) is 5.69 Å². The van der Waals surface area contributed by atoms with E-state index in [-0.39, 0.29) is 16.9 Å². The smallest absolute Gasteiger partial charge is 0.292 e. The van der Waals surface area contributed by atoms with E-state index in [4.69, 9.17) is 5.73 Å². The normalized spacial score (nSPS) is 10.2. The molecule has 1 aromatic carbocycles. The number of nitrogens with zero attached hydrogens (tertiary/aromatic N) is 4. The lowest BCUT2D eigenvalue weighted by atomic mass is 10.1. The Hall–Kier alpha value is -2.97. The summed E-state index contributed by atoms with van der Waals surface area (Å²) < 4.78 is 1.58. The van der Waals surface area contributed by atoms with Crippen LogP contribution in [0.1, 0.15) is 10.4 Å². The highest BCUT2D eigenvalue weighted by molar-refractivity contribution is 5.94. The van der Waals surface area contributed by atoms with Gasteiger partial charge in [-0.25, -0.2) is 0 Å².